The van der Waals surface area contributed by atoms with Gasteiger partial charge in [-0.15, -0.1) is 0 Å². The van der Waals surface area contributed by atoms with Crippen molar-refractivity contribution in [2.75, 3.05) is 17.6 Å². The first-order valence-corrected chi connectivity index (χ1v) is 5.17. The van der Waals surface area contributed by atoms with Gasteiger partial charge in [0.2, 0.25) is 6.39 Å². The third-order valence-corrected chi connectivity index (χ3v) is 2.32. The molecule has 1 heterocycles. The second-order valence-electron chi connectivity index (χ2n) is 3.26. The minimum absolute atomic E-state index is 0.649. The SMILES string of the molecule is Nc1ccc(Cl)cc1NCCc1ncon1. The number of anilines is 2. The highest BCUT2D eigenvalue weighted by Gasteiger charge is 2.01. The van der Waals surface area contributed by atoms with Crippen LogP contribution in [0.1, 0.15) is 5.82 Å². The van der Waals surface area contributed by atoms with Crippen LogP contribution in [0.3, 0.4) is 0 Å². The van der Waals surface area contributed by atoms with Gasteiger partial charge in [0.1, 0.15) is 0 Å². The first-order valence-electron chi connectivity index (χ1n) is 4.80. The third kappa shape index (κ3) is 2.64. The van der Waals surface area contributed by atoms with Crippen LogP contribution in [-0.2, 0) is 6.42 Å². The van der Waals surface area contributed by atoms with Crippen molar-refractivity contribution in [3.05, 3.63) is 35.4 Å². The van der Waals surface area contributed by atoms with Crippen LogP contribution in [0.15, 0.2) is 29.1 Å². The predicted molar refractivity (Wildman–Crippen MR) is 62.4 cm³/mol. The zero-order valence-electron chi connectivity index (χ0n) is 8.48. The smallest absolute Gasteiger partial charge is 0.213 e. The van der Waals surface area contributed by atoms with Crippen LogP contribution in [-0.4, -0.2) is 16.7 Å². The first kappa shape index (κ1) is 10.8. The molecule has 2 rings (SSSR count). The second-order valence-corrected chi connectivity index (χ2v) is 3.69. The molecule has 0 saturated heterocycles. The largest absolute Gasteiger partial charge is 0.397 e. The van der Waals surface area contributed by atoms with Gasteiger partial charge in [0.15, 0.2) is 5.82 Å². The van der Waals surface area contributed by atoms with E-state index in [1.54, 1.807) is 18.2 Å². The Morgan fingerprint density at radius 1 is 1.44 bits per heavy atom. The van der Waals surface area contributed by atoms with Crippen molar-refractivity contribution in [2.45, 2.75) is 6.42 Å². The van der Waals surface area contributed by atoms with E-state index in [0.717, 1.165) is 5.69 Å². The van der Waals surface area contributed by atoms with Crippen molar-refractivity contribution < 1.29 is 4.52 Å². The van der Waals surface area contributed by atoms with Gasteiger partial charge in [-0.05, 0) is 18.2 Å². The summed E-state index contributed by atoms with van der Waals surface area (Å²) >= 11 is 5.86. The second kappa shape index (κ2) is 4.85. The Bertz CT molecular complexity index is 458. The number of benzene rings is 1. The average molecular weight is 239 g/mol. The molecule has 0 saturated carbocycles. The molecule has 0 spiro atoms. The summed E-state index contributed by atoms with van der Waals surface area (Å²) in [6.45, 7) is 0.671. The molecule has 0 aliphatic heterocycles. The molecule has 16 heavy (non-hydrogen) atoms. The molecule has 0 aliphatic rings. The fourth-order valence-corrected chi connectivity index (χ4v) is 1.47. The van der Waals surface area contributed by atoms with Gasteiger partial charge in [-0.1, -0.05) is 16.8 Å². The van der Waals surface area contributed by atoms with Gasteiger partial charge in [-0.3, -0.25) is 0 Å². The predicted octanol–water partition coefficient (Wildman–Crippen LogP) is 1.96. The molecular formula is C10H11ClN4O. The molecule has 6 heteroatoms. The molecule has 0 radical (unpaired) electrons. The molecule has 0 bridgehead atoms. The van der Waals surface area contributed by atoms with Crippen LogP contribution in [0, 0.1) is 0 Å². The van der Waals surface area contributed by atoms with Crippen molar-refractivity contribution in [2.24, 2.45) is 0 Å². The van der Waals surface area contributed by atoms with Crippen LogP contribution in [0.5, 0.6) is 0 Å². The van der Waals surface area contributed by atoms with Gasteiger partial charge in [-0.25, -0.2) is 0 Å². The Labute approximate surface area is 97.6 Å². The van der Waals surface area contributed by atoms with E-state index in [1.807, 2.05) is 0 Å². The maximum atomic E-state index is 5.86. The van der Waals surface area contributed by atoms with Crippen molar-refractivity contribution in [3.8, 4) is 0 Å². The maximum absolute atomic E-state index is 5.86. The van der Waals surface area contributed by atoms with Crippen molar-refractivity contribution in [1.29, 1.82) is 0 Å². The molecule has 3 N–H and O–H groups in total. The number of hydrogen-bond acceptors (Lipinski definition) is 5. The number of nitrogens with one attached hydrogen (secondary N) is 1. The van der Waals surface area contributed by atoms with Gasteiger partial charge < -0.3 is 15.6 Å². The summed E-state index contributed by atoms with van der Waals surface area (Å²) in [5.41, 5.74) is 7.26. The Morgan fingerprint density at radius 3 is 3.06 bits per heavy atom. The standard InChI is InChI=1S/C10H11ClN4O/c11-7-1-2-8(12)9(5-7)13-4-3-10-14-6-16-15-10/h1-2,5-6,13H,3-4,12H2. The fraction of sp³-hybridized carbons (Fsp3) is 0.200. The summed E-state index contributed by atoms with van der Waals surface area (Å²) < 4.78 is 4.63. The lowest BCUT2D eigenvalue weighted by Crippen LogP contribution is -2.07. The quantitative estimate of drug-likeness (QED) is 0.797. The Balaban J connectivity index is 1.92. The Morgan fingerprint density at radius 2 is 2.31 bits per heavy atom. The van der Waals surface area contributed by atoms with Crippen LogP contribution < -0.4 is 11.1 Å². The van der Waals surface area contributed by atoms with Crippen LogP contribution in [0.25, 0.3) is 0 Å². The summed E-state index contributed by atoms with van der Waals surface area (Å²) in [5, 5.41) is 7.51. The molecular weight excluding hydrogens is 228 g/mol. The van der Waals surface area contributed by atoms with Crippen molar-refractivity contribution in [1.82, 2.24) is 10.1 Å². The highest BCUT2D eigenvalue weighted by atomic mass is 35.5. The van der Waals surface area contributed by atoms with E-state index < -0.39 is 0 Å². The summed E-state index contributed by atoms with van der Waals surface area (Å²) in [7, 11) is 0. The van der Waals surface area contributed by atoms with E-state index in [0.29, 0.717) is 29.5 Å². The summed E-state index contributed by atoms with van der Waals surface area (Å²) in [6.07, 6.45) is 1.98. The van der Waals surface area contributed by atoms with E-state index in [9.17, 15) is 0 Å². The summed E-state index contributed by atoms with van der Waals surface area (Å²) in [4.78, 5) is 3.91. The topological polar surface area (TPSA) is 77.0 Å². The third-order valence-electron chi connectivity index (χ3n) is 2.09. The van der Waals surface area contributed by atoms with Gasteiger partial charge >= 0.3 is 0 Å². The van der Waals surface area contributed by atoms with Gasteiger partial charge in [0.05, 0.1) is 11.4 Å². The zero-order valence-corrected chi connectivity index (χ0v) is 9.24. The molecule has 1 aromatic carbocycles. The van der Waals surface area contributed by atoms with Crippen LogP contribution in [0.4, 0.5) is 11.4 Å². The molecule has 0 fully saturated rings. The molecule has 0 aliphatic carbocycles. The lowest BCUT2D eigenvalue weighted by atomic mass is 10.2. The van der Waals surface area contributed by atoms with E-state index in [2.05, 4.69) is 20.0 Å². The first-order chi connectivity index (χ1) is 7.75. The van der Waals surface area contributed by atoms with Gasteiger partial charge in [0.25, 0.3) is 0 Å². The van der Waals surface area contributed by atoms with E-state index >= 15 is 0 Å². The van der Waals surface area contributed by atoms with E-state index in [-0.39, 0.29) is 0 Å². The molecule has 0 atom stereocenters. The van der Waals surface area contributed by atoms with E-state index in [1.165, 1.54) is 6.39 Å². The minimum atomic E-state index is 0.649. The molecule has 5 nitrogen and oxygen atoms in total. The lowest BCUT2D eigenvalue weighted by Gasteiger charge is -2.08. The Hall–Kier alpha value is -1.75. The van der Waals surface area contributed by atoms with Crippen molar-refractivity contribution >= 4 is 23.0 Å². The number of rotatable bonds is 4. The van der Waals surface area contributed by atoms with E-state index in [4.69, 9.17) is 17.3 Å². The number of halogens is 1. The summed E-state index contributed by atoms with van der Waals surface area (Å²) in [6, 6.07) is 5.30. The van der Waals surface area contributed by atoms with Crippen LogP contribution in [0.2, 0.25) is 5.02 Å². The number of nitrogens with two attached hydrogens (primary N) is 1. The number of nitrogens with zero attached hydrogens (tertiary/aromatic N) is 2. The van der Waals surface area contributed by atoms with Gasteiger partial charge in [0, 0.05) is 18.0 Å². The average Bonchev–Trinajstić information content (AvgIpc) is 2.76. The number of hydrogen-bond donors (Lipinski definition) is 2. The molecule has 1 aromatic heterocycles. The molecule has 2 aromatic rings. The molecule has 0 unspecified atom stereocenters. The fourth-order valence-electron chi connectivity index (χ4n) is 1.29. The highest BCUT2D eigenvalue weighted by molar-refractivity contribution is 6.31. The normalized spacial score (nSPS) is 10.3. The summed E-state index contributed by atoms with van der Waals surface area (Å²) in [5.74, 6) is 0.660. The zero-order chi connectivity index (χ0) is 11.4. The van der Waals surface area contributed by atoms with Gasteiger partial charge in [-0.2, -0.15) is 4.98 Å². The lowest BCUT2D eigenvalue weighted by molar-refractivity contribution is 0.410. The minimum Gasteiger partial charge on any atom is -0.397 e. The number of aromatic nitrogens is 2. The number of nitrogen functional groups attached to an aromatic ring is 1. The molecule has 84 valence electrons. The van der Waals surface area contributed by atoms with Crippen LogP contribution >= 0.6 is 11.6 Å². The highest BCUT2D eigenvalue weighted by Crippen LogP contribution is 2.22. The van der Waals surface area contributed by atoms with Crippen molar-refractivity contribution in [3.63, 3.8) is 0 Å². The maximum Gasteiger partial charge on any atom is 0.213 e. The Kier molecular flexibility index (Phi) is 3.26. The molecule has 0 amide bonds. The monoisotopic (exact) mass is 238 g/mol.